The van der Waals surface area contributed by atoms with Gasteiger partial charge in [0, 0.05) is 10.6 Å². The fraction of sp³-hybridized carbons (Fsp3) is 0.462. The normalized spacial score (nSPS) is 14.1. The molecular formula is C13H18ClNO2. The molecule has 0 heterocycles. The van der Waals surface area contributed by atoms with Gasteiger partial charge in [-0.15, -0.1) is 0 Å². The van der Waals surface area contributed by atoms with Crippen molar-refractivity contribution in [2.24, 2.45) is 0 Å². The third-order valence-electron chi connectivity index (χ3n) is 2.73. The highest BCUT2D eigenvalue weighted by Crippen LogP contribution is 2.29. The average molecular weight is 256 g/mol. The molecule has 17 heavy (non-hydrogen) atoms. The molecule has 1 atom stereocenters. The van der Waals surface area contributed by atoms with Gasteiger partial charge in [0.15, 0.2) is 0 Å². The molecule has 94 valence electrons. The molecule has 0 aliphatic rings. The first-order chi connectivity index (χ1) is 8.06. The second kappa shape index (κ2) is 6.03. The molecule has 1 N–H and O–H groups in total. The molecule has 4 heteroatoms. The van der Waals surface area contributed by atoms with E-state index in [1.54, 1.807) is 13.0 Å². The van der Waals surface area contributed by atoms with Crippen LogP contribution in [0.3, 0.4) is 0 Å². The minimum absolute atomic E-state index is 0.334. The van der Waals surface area contributed by atoms with Crippen molar-refractivity contribution in [3.8, 4) is 0 Å². The van der Waals surface area contributed by atoms with Crippen LogP contribution in [0.2, 0.25) is 5.02 Å². The summed E-state index contributed by atoms with van der Waals surface area (Å²) in [4.78, 5) is 11.9. The van der Waals surface area contributed by atoms with E-state index in [1.807, 2.05) is 25.1 Å². The van der Waals surface area contributed by atoms with Gasteiger partial charge in [-0.3, -0.25) is 5.32 Å². The Labute approximate surface area is 107 Å². The molecule has 1 aromatic carbocycles. The Kier molecular flexibility index (Phi) is 4.97. The molecule has 0 radical (unpaired) electrons. The number of methoxy groups -OCH3 is 1. The topological polar surface area (TPSA) is 38.3 Å². The van der Waals surface area contributed by atoms with Crippen LogP contribution in [-0.2, 0) is 15.1 Å². The molecular weight excluding hydrogens is 238 g/mol. The Hall–Kier alpha value is -1.06. The van der Waals surface area contributed by atoms with Crippen LogP contribution >= 0.6 is 11.6 Å². The smallest absolute Gasteiger partial charge is 0.330 e. The summed E-state index contributed by atoms with van der Waals surface area (Å²) >= 11 is 6.14. The fourth-order valence-electron chi connectivity index (χ4n) is 1.72. The highest BCUT2D eigenvalue weighted by molar-refractivity contribution is 6.31. The molecule has 3 nitrogen and oxygen atoms in total. The first-order valence-corrected chi connectivity index (χ1v) is 6.02. The lowest BCUT2D eigenvalue weighted by Gasteiger charge is -2.29. The van der Waals surface area contributed by atoms with E-state index in [9.17, 15) is 4.79 Å². The number of nitrogens with one attached hydrogen (secondary N) is 1. The predicted molar refractivity (Wildman–Crippen MR) is 69.1 cm³/mol. The van der Waals surface area contributed by atoms with Gasteiger partial charge >= 0.3 is 5.97 Å². The number of benzene rings is 1. The molecule has 0 aliphatic carbocycles. The molecule has 0 fully saturated rings. The summed E-state index contributed by atoms with van der Waals surface area (Å²) in [6.07, 6.45) is 0.928. The molecule has 0 saturated carbocycles. The van der Waals surface area contributed by atoms with Crippen LogP contribution in [0.15, 0.2) is 24.3 Å². The summed E-state index contributed by atoms with van der Waals surface area (Å²) in [6, 6.07) is 7.30. The van der Waals surface area contributed by atoms with Gasteiger partial charge in [-0.2, -0.15) is 0 Å². The Balaban J connectivity index is 3.14. The lowest BCUT2D eigenvalue weighted by Crippen LogP contribution is -2.47. The van der Waals surface area contributed by atoms with E-state index in [4.69, 9.17) is 16.3 Å². The Bertz CT molecular complexity index is 395. The van der Waals surface area contributed by atoms with Crippen LogP contribution in [-0.4, -0.2) is 19.6 Å². The van der Waals surface area contributed by atoms with Crippen molar-refractivity contribution in [3.63, 3.8) is 0 Å². The minimum Gasteiger partial charge on any atom is -0.467 e. The maximum Gasteiger partial charge on any atom is 0.330 e. The zero-order valence-corrected chi connectivity index (χ0v) is 11.2. The van der Waals surface area contributed by atoms with Crippen molar-refractivity contribution < 1.29 is 9.53 Å². The second-order valence-electron chi connectivity index (χ2n) is 4.02. The average Bonchev–Trinajstić information content (AvgIpc) is 2.35. The number of hydrogen-bond acceptors (Lipinski definition) is 3. The molecule has 0 aliphatic heterocycles. The molecule has 0 amide bonds. The van der Waals surface area contributed by atoms with E-state index in [-0.39, 0.29) is 5.97 Å². The van der Waals surface area contributed by atoms with Gasteiger partial charge in [0.25, 0.3) is 0 Å². The van der Waals surface area contributed by atoms with Gasteiger partial charge in [-0.1, -0.05) is 36.7 Å². The quantitative estimate of drug-likeness (QED) is 0.823. The van der Waals surface area contributed by atoms with Gasteiger partial charge < -0.3 is 4.74 Å². The molecule has 1 aromatic rings. The standard InChI is InChI=1S/C13H18ClNO2/c1-4-9-15-13(2,12(16)17-3)10-7-5-6-8-11(10)14/h5-8,15H,4,9H2,1-3H3. The Morgan fingerprint density at radius 3 is 2.65 bits per heavy atom. The van der Waals surface area contributed by atoms with Crippen molar-refractivity contribution in [1.29, 1.82) is 0 Å². The zero-order chi connectivity index (χ0) is 12.9. The van der Waals surface area contributed by atoms with Gasteiger partial charge in [0.05, 0.1) is 7.11 Å². The number of halogens is 1. The summed E-state index contributed by atoms with van der Waals surface area (Å²) in [6.45, 7) is 4.55. The van der Waals surface area contributed by atoms with Gasteiger partial charge in [-0.05, 0) is 26.0 Å². The lowest BCUT2D eigenvalue weighted by atomic mass is 9.91. The van der Waals surface area contributed by atoms with E-state index in [1.165, 1.54) is 7.11 Å². The van der Waals surface area contributed by atoms with Crippen molar-refractivity contribution >= 4 is 17.6 Å². The Morgan fingerprint density at radius 1 is 1.47 bits per heavy atom. The van der Waals surface area contributed by atoms with Gasteiger partial charge in [0.1, 0.15) is 5.54 Å². The molecule has 0 saturated heterocycles. The number of carbonyl (C=O) groups is 1. The predicted octanol–water partition coefficient (Wildman–Crippen LogP) is 2.73. The third kappa shape index (κ3) is 2.99. The van der Waals surface area contributed by atoms with Crippen molar-refractivity contribution in [2.75, 3.05) is 13.7 Å². The Morgan fingerprint density at radius 2 is 2.12 bits per heavy atom. The summed E-state index contributed by atoms with van der Waals surface area (Å²) in [5.41, 5.74) is -0.162. The molecule has 0 bridgehead atoms. The maximum absolute atomic E-state index is 11.9. The van der Waals surface area contributed by atoms with Crippen molar-refractivity contribution in [1.82, 2.24) is 5.32 Å². The van der Waals surface area contributed by atoms with Crippen molar-refractivity contribution in [2.45, 2.75) is 25.8 Å². The number of rotatable bonds is 5. The molecule has 0 spiro atoms. The fourth-order valence-corrected chi connectivity index (χ4v) is 2.05. The highest BCUT2D eigenvalue weighted by Gasteiger charge is 2.37. The molecule has 0 aromatic heterocycles. The zero-order valence-electron chi connectivity index (χ0n) is 10.4. The van der Waals surface area contributed by atoms with Gasteiger partial charge in [-0.25, -0.2) is 4.79 Å². The van der Waals surface area contributed by atoms with E-state index >= 15 is 0 Å². The van der Waals surface area contributed by atoms with Crippen LogP contribution in [0.1, 0.15) is 25.8 Å². The van der Waals surface area contributed by atoms with E-state index in [0.717, 1.165) is 18.5 Å². The SMILES string of the molecule is CCCNC(C)(C(=O)OC)c1ccccc1Cl. The largest absolute Gasteiger partial charge is 0.467 e. The third-order valence-corrected chi connectivity index (χ3v) is 3.06. The van der Waals surface area contributed by atoms with E-state index in [0.29, 0.717) is 5.02 Å². The van der Waals surface area contributed by atoms with E-state index in [2.05, 4.69) is 5.32 Å². The van der Waals surface area contributed by atoms with Crippen LogP contribution in [0.4, 0.5) is 0 Å². The first-order valence-electron chi connectivity index (χ1n) is 5.64. The minimum atomic E-state index is -0.900. The van der Waals surface area contributed by atoms with Crippen LogP contribution in [0.25, 0.3) is 0 Å². The van der Waals surface area contributed by atoms with Crippen molar-refractivity contribution in [3.05, 3.63) is 34.9 Å². The van der Waals surface area contributed by atoms with E-state index < -0.39 is 5.54 Å². The summed E-state index contributed by atoms with van der Waals surface area (Å²) in [5.74, 6) is -0.334. The van der Waals surface area contributed by atoms with Crippen LogP contribution in [0, 0.1) is 0 Å². The highest BCUT2D eigenvalue weighted by atomic mass is 35.5. The molecule has 1 rings (SSSR count). The number of esters is 1. The lowest BCUT2D eigenvalue weighted by molar-refractivity contribution is -0.148. The molecule has 1 unspecified atom stereocenters. The number of hydrogen-bond donors (Lipinski definition) is 1. The van der Waals surface area contributed by atoms with Gasteiger partial charge in [0.2, 0.25) is 0 Å². The number of carbonyl (C=O) groups excluding carboxylic acids is 1. The summed E-state index contributed by atoms with van der Waals surface area (Å²) in [7, 11) is 1.38. The monoisotopic (exact) mass is 255 g/mol. The maximum atomic E-state index is 11.9. The first kappa shape index (κ1) is 14.0. The number of ether oxygens (including phenoxy) is 1. The van der Waals surface area contributed by atoms with Crippen LogP contribution in [0.5, 0.6) is 0 Å². The second-order valence-corrected chi connectivity index (χ2v) is 4.43. The summed E-state index contributed by atoms with van der Waals surface area (Å²) in [5, 5.41) is 3.75. The summed E-state index contributed by atoms with van der Waals surface area (Å²) < 4.78 is 4.86. The van der Waals surface area contributed by atoms with Crippen LogP contribution < -0.4 is 5.32 Å².